The molecule has 0 bridgehead atoms. The maximum Gasteiger partial charge on any atom is 0.255 e. The Bertz CT molecular complexity index is 723. The van der Waals surface area contributed by atoms with E-state index in [1.807, 2.05) is 24.3 Å². The Kier molecular flexibility index (Phi) is 4.79. The van der Waals surface area contributed by atoms with Gasteiger partial charge in [0.1, 0.15) is 5.75 Å². The van der Waals surface area contributed by atoms with Crippen molar-refractivity contribution >= 4 is 5.91 Å². The van der Waals surface area contributed by atoms with Gasteiger partial charge in [-0.3, -0.25) is 4.79 Å². The van der Waals surface area contributed by atoms with Crippen LogP contribution in [0.5, 0.6) is 11.6 Å². The van der Waals surface area contributed by atoms with Gasteiger partial charge in [0.2, 0.25) is 0 Å². The molecule has 1 amide bonds. The maximum absolute atomic E-state index is 14.1. The van der Waals surface area contributed by atoms with Gasteiger partial charge in [0, 0.05) is 20.3 Å². The molecule has 1 heterocycles. The number of aromatic nitrogens is 1. The van der Waals surface area contributed by atoms with Crippen molar-refractivity contribution in [3.8, 4) is 11.6 Å². The van der Waals surface area contributed by atoms with E-state index in [4.69, 9.17) is 4.74 Å². The summed E-state index contributed by atoms with van der Waals surface area (Å²) in [5.41, 5.74) is 1.50. The number of rotatable bonds is 4. The number of halogens is 1. The first-order chi connectivity index (χ1) is 11.5. The minimum Gasteiger partial charge on any atom is -0.436 e. The lowest BCUT2D eigenvalue weighted by Crippen LogP contribution is -2.22. The summed E-state index contributed by atoms with van der Waals surface area (Å²) in [6, 6.07) is 8.90. The molecule has 24 heavy (non-hydrogen) atoms. The third-order valence-corrected chi connectivity index (χ3v) is 4.38. The van der Waals surface area contributed by atoms with Crippen LogP contribution in [-0.2, 0) is 0 Å². The Morgan fingerprint density at radius 3 is 2.46 bits per heavy atom. The van der Waals surface area contributed by atoms with Crippen LogP contribution in [0.3, 0.4) is 0 Å². The summed E-state index contributed by atoms with van der Waals surface area (Å²) in [5.74, 6) is 0.0930. The Balaban J connectivity index is 1.72. The third kappa shape index (κ3) is 3.55. The minimum atomic E-state index is -0.650. The molecule has 1 aliphatic carbocycles. The van der Waals surface area contributed by atoms with Crippen LogP contribution in [0.25, 0.3) is 0 Å². The number of hydrogen-bond donors (Lipinski definition) is 0. The van der Waals surface area contributed by atoms with Crippen molar-refractivity contribution in [3.63, 3.8) is 0 Å². The number of pyridine rings is 1. The van der Waals surface area contributed by atoms with Crippen molar-refractivity contribution < 1.29 is 13.9 Å². The topological polar surface area (TPSA) is 42.4 Å². The lowest BCUT2D eigenvalue weighted by Gasteiger charge is -2.12. The van der Waals surface area contributed by atoms with Gasteiger partial charge in [-0.15, -0.1) is 0 Å². The summed E-state index contributed by atoms with van der Waals surface area (Å²) in [7, 11) is 3.22. The molecule has 5 heteroatoms. The second kappa shape index (κ2) is 6.99. The summed E-state index contributed by atoms with van der Waals surface area (Å²) in [6.07, 6.45) is 6.37. The van der Waals surface area contributed by atoms with E-state index in [2.05, 4.69) is 4.98 Å². The van der Waals surface area contributed by atoms with Crippen LogP contribution in [0.15, 0.2) is 36.5 Å². The van der Waals surface area contributed by atoms with Crippen molar-refractivity contribution in [1.29, 1.82) is 0 Å². The highest BCUT2D eigenvalue weighted by Crippen LogP contribution is 2.35. The van der Waals surface area contributed by atoms with Crippen molar-refractivity contribution in [3.05, 3.63) is 53.5 Å². The smallest absolute Gasteiger partial charge is 0.255 e. The number of carbonyl (C=O) groups excluding carboxylic acids is 1. The van der Waals surface area contributed by atoms with E-state index < -0.39 is 5.82 Å². The molecule has 126 valence electrons. The Morgan fingerprint density at radius 1 is 1.21 bits per heavy atom. The molecule has 1 fully saturated rings. The molecule has 3 rings (SSSR count). The Hall–Kier alpha value is -2.43. The van der Waals surface area contributed by atoms with Gasteiger partial charge in [-0.2, -0.15) is 0 Å². The molecule has 1 aliphatic rings. The minimum absolute atomic E-state index is 0.126. The van der Waals surface area contributed by atoms with Gasteiger partial charge < -0.3 is 9.64 Å². The molecular weight excluding hydrogens is 307 g/mol. The summed E-state index contributed by atoms with van der Waals surface area (Å²) in [4.78, 5) is 17.1. The Morgan fingerprint density at radius 2 is 1.88 bits per heavy atom. The fraction of sp³-hybridized carbons (Fsp3) is 0.368. The van der Waals surface area contributed by atoms with E-state index in [1.54, 1.807) is 14.1 Å². The first-order valence-corrected chi connectivity index (χ1v) is 8.19. The average molecular weight is 328 g/mol. The normalized spacial score (nSPS) is 14.6. The summed E-state index contributed by atoms with van der Waals surface area (Å²) >= 11 is 0. The molecule has 0 atom stereocenters. The molecule has 4 nitrogen and oxygen atoms in total. The predicted octanol–water partition coefficient (Wildman–Crippen LogP) is 4.37. The van der Waals surface area contributed by atoms with E-state index in [-0.39, 0.29) is 17.4 Å². The van der Waals surface area contributed by atoms with Crippen molar-refractivity contribution in [2.45, 2.75) is 31.6 Å². The van der Waals surface area contributed by atoms with Gasteiger partial charge >= 0.3 is 0 Å². The second-order valence-electron chi connectivity index (χ2n) is 6.36. The van der Waals surface area contributed by atoms with Gasteiger partial charge in [0.05, 0.1) is 5.56 Å². The summed E-state index contributed by atoms with van der Waals surface area (Å²) in [6.45, 7) is 0. The maximum atomic E-state index is 14.1. The fourth-order valence-corrected chi connectivity index (χ4v) is 3.05. The molecular formula is C19H21FN2O2. The van der Waals surface area contributed by atoms with Crippen LogP contribution in [0.2, 0.25) is 0 Å². The third-order valence-electron chi connectivity index (χ3n) is 4.38. The van der Waals surface area contributed by atoms with Gasteiger partial charge in [0.15, 0.2) is 5.82 Å². The second-order valence-corrected chi connectivity index (χ2v) is 6.36. The molecule has 1 aromatic heterocycles. The Labute approximate surface area is 141 Å². The standard InChI is InChI=1S/C19H21FN2O2/c1-22(2)19(23)15-11-17(20)18(21-12-15)24-16-9-7-14(8-10-16)13-5-3-4-6-13/h7-13H,3-6H2,1-2H3. The molecule has 0 saturated heterocycles. The number of benzene rings is 1. The van der Waals surface area contributed by atoms with Crippen LogP contribution >= 0.6 is 0 Å². The number of carbonyl (C=O) groups is 1. The molecule has 0 aliphatic heterocycles. The lowest BCUT2D eigenvalue weighted by molar-refractivity contribution is 0.0826. The highest BCUT2D eigenvalue weighted by atomic mass is 19.1. The van der Waals surface area contributed by atoms with Crippen LogP contribution in [-0.4, -0.2) is 29.9 Å². The van der Waals surface area contributed by atoms with Crippen molar-refractivity contribution in [2.75, 3.05) is 14.1 Å². The zero-order valence-electron chi connectivity index (χ0n) is 14.0. The van der Waals surface area contributed by atoms with Crippen LogP contribution in [0.1, 0.15) is 47.5 Å². The number of ether oxygens (including phenoxy) is 1. The predicted molar refractivity (Wildman–Crippen MR) is 89.9 cm³/mol. The van der Waals surface area contributed by atoms with E-state index in [1.165, 1.54) is 42.3 Å². The zero-order valence-corrected chi connectivity index (χ0v) is 14.0. The van der Waals surface area contributed by atoms with E-state index >= 15 is 0 Å². The highest BCUT2D eigenvalue weighted by molar-refractivity contribution is 5.93. The van der Waals surface area contributed by atoms with E-state index in [0.717, 1.165) is 6.07 Å². The SMILES string of the molecule is CN(C)C(=O)c1cnc(Oc2ccc(C3CCCC3)cc2)c(F)c1. The van der Waals surface area contributed by atoms with Gasteiger partial charge in [0.25, 0.3) is 11.8 Å². The highest BCUT2D eigenvalue weighted by Gasteiger charge is 2.17. The molecule has 0 radical (unpaired) electrons. The average Bonchev–Trinajstić information content (AvgIpc) is 3.11. The first-order valence-electron chi connectivity index (χ1n) is 8.19. The van der Waals surface area contributed by atoms with Crippen LogP contribution in [0, 0.1) is 5.82 Å². The molecule has 2 aromatic rings. The lowest BCUT2D eigenvalue weighted by atomic mass is 9.98. The number of hydrogen-bond acceptors (Lipinski definition) is 3. The molecule has 1 saturated carbocycles. The van der Waals surface area contributed by atoms with Gasteiger partial charge in [-0.05, 0) is 42.5 Å². The molecule has 0 unspecified atom stereocenters. The van der Waals surface area contributed by atoms with Gasteiger partial charge in [-0.1, -0.05) is 25.0 Å². The van der Waals surface area contributed by atoms with E-state index in [9.17, 15) is 9.18 Å². The number of nitrogens with zero attached hydrogens (tertiary/aromatic N) is 2. The quantitative estimate of drug-likeness (QED) is 0.837. The first kappa shape index (κ1) is 16.4. The largest absolute Gasteiger partial charge is 0.436 e. The molecule has 0 spiro atoms. The summed E-state index contributed by atoms with van der Waals surface area (Å²) in [5, 5.41) is 0. The van der Waals surface area contributed by atoms with Crippen LogP contribution < -0.4 is 4.74 Å². The monoisotopic (exact) mass is 328 g/mol. The molecule has 0 N–H and O–H groups in total. The molecule has 1 aromatic carbocycles. The van der Waals surface area contributed by atoms with Crippen LogP contribution in [0.4, 0.5) is 4.39 Å². The van der Waals surface area contributed by atoms with Gasteiger partial charge in [-0.25, -0.2) is 9.37 Å². The van der Waals surface area contributed by atoms with E-state index in [0.29, 0.717) is 11.7 Å². The fourth-order valence-electron chi connectivity index (χ4n) is 3.05. The number of amides is 1. The zero-order chi connectivity index (χ0) is 17.1. The summed E-state index contributed by atoms with van der Waals surface area (Å²) < 4.78 is 19.6. The van der Waals surface area contributed by atoms with Crippen molar-refractivity contribution in [1.82, 2.24) is 9.88 Å². The van der Waals surface area contributed by atoms with Crippen molar-refractivity contribution in [2.24, 2.45) is 0 Å².